The van der Waals surface area contributed by atoms with Crippen molar-refractivity contribution in [3.05, 3.63) is 47.9 Å². The molecule has 0 aromatic heterocycles. The molecule has 0 unspecified atom stereocenters. The van der Waals surface area contributed by atoms with Crippen molar-refractivity contribution in [1.82, 2.24) is 10.2 Å². The van der Waals surface area contributed by atoms with Crippen molar-refractivity contribution in [2.24, 2.45) is 5.92 Å². The quantitative estimate of drug-likeness (QED) is 0.902. The maximum absolute atomic E-state index is 11.7. The number of urea groups is 1. The molecular weight excluding hydrogens is 324 g/mol. The van der Waals surface area contributed by atoms with Gasteiger partial charge in [0.25, 0.3) is 0 Å². The number of sulfone groups is 1. The number of likely N-dealkylation sites (tertiary alicyclic amines) is 1. The summed E-state index contributed by atoms with van der Waals surface area (Å²) < 4.78 is 21.7. The van der Waals surface area contributed by atoms with Gasteiger partial charge in [-0.1, -0.05) is 55.8 Å². The zero-order chi connectivity index (χ0) is 17.8. The molecule has 1 aromatic rings. The lowest BCUT2D eigenvalue weighted by molar-refractivity contribution is 0.170. The van der Waals surface area contributed by atoms with E-state index in [1.807, 2.05) is 36.4 Å². The normalized spacial score (nSPS) is 15.7. The van der Waals surface area contributed by atoms with Crippen LogP contribution in [0.2, 0.25) is 0 Å². The number of carbonyl (C=O) groups excluding carboxylic acids is 1. The van der Waals surface area contributed by atoms with E-state index >= 15 is 0 Å². The third kappa shape index (κ3) is 9.35. The van der Waals surface area contributed by atoms with E-state index in [-0.39, 0.29) is 14.0 Å². The van der Waals surface area contributed by atoms with E-state index in [0.29, 0.717) is 0 Å². The van der Waals surface area contributed by atoms with E-state index in [9.17, 15) is 13.2 Å². The van der Waals surface area contributed by atoms with Crippen LogP contribution in [0.5, 0.6) is 0 Å². The van der Waals surface area contributed by atoms with Gasteiger partial charge in [-0.25, -0.2) is 13.2 Å². The van der Waals surface area contributed by atoms with Crippen LogP contribution >= 0.6 is 0 Å². The predicted octanol–water partition coefficient (Wildman–Crippen LogP) is 3.31. The number of benzene rings is 1. The Labute approximate surface area is 147 Å². The molecule has 5 nitrogen and oxygen atoms in total. The molecule has 0 spiro atoms. The number of nitrogens with zero attached hydrogens (tertiary/aromatic N) is 1. The highest BCUT2D eigenvalue weighted by molar-refractivity contribution is 7.93. The van der Waals surface area contributed by atoms with E-state index in [0.717, 1.165) is 43.5 Å². The molecule has 1 fully saturated rings. The van der Waals surface area contributed by atoms with Crippen LogP contribution < -0.4 is 5.32 Å². The van der Waals surface area contributed by atoms with Crippen molar-refractivity contribution in [1.29, 1.82) is 0 Å². The first-order valence-corrected chi connectivity index (χ1v) is 10.3. The van der Waals surface area contributed by atoms with Gasteiger partial charge in [0.1, 0.15) is 0 Å². The van der Waals surface area contributed by atoms with Crippen LogP contribution in [0.3, 0.4) is 0 Å². The molecule has 0 atom stereocenters. The van der Waals surface area contributed by atoms with E-state index in [2.05, 4.69) is 12.2 Å². The van der Waals surface area contributed by atoms with Crippen molar-refractivity contribution in [2.75, 3.05) is 25.9 Å². The summed E-state index contributed by atoms with van der Waals surface area (Å²) in [5.74, 6) is 0.735. The number of amides is 2. The van der Waals surface area contributed by atoms with Gasteiger partial charge in [-0.15, -0.1) is 0 Å². The Hall–Kier alpha value is -1.82. The summed E-state index contributed by atoms with van der Waals surface area (Å²) >= 11 is 0. The van der Waals surface area contributed by atoms with E-state index < -0.39 is 9.84 Å². The summed E-state index contributed by atoms with van der Waals surface area (Å²) in [6.07, 6.45) is 5.87. The fraction of sp³-hybridized carbons (Fsp3) is 0.500. The Morgan fingerprint density at radius 2 is 1.67 bits per heavy atom. The molecule has 0 aliphatic carbocycles. The van der Waals surface area contributed by atoms with Gasteiger partial charge in [-0.3, -0.25) is 0 Å². The Morgan fingerprint density at radius 3 is 2.08 bits per heavy atom. The largest absolute Gasteiger partial charge is 0.334 e. The summed E-state index contributed by atoms with van der Waals surface area (Å²) in [6.45, 7) is 4.01. The number of rotatable bonds is 4. The minimum atomic E-state index is -3.10. The number of nitrogens with one attached hydrogen (secondary N) is 1. The van der Waals surface area contributed by atoms with Crippen molar-refractivity contribution in [3.8, 4) is 0 Å². The summed E-state index contributed by atoms with van der Waals surface area (Å²) in [5, 5.41) is 3.80. The third-order valence-corrected chi connectivity index (χ3v) is 4.55. The van der Waals surface area contributed by atoms with Crippen LogP contribution in [-0.2, 0) is 9.84 Å². The fourth-order valence-electron chi connectivity index (χ4n) is 2.41. The molecule has 1 saturated heterocycles. The molecule has 1 aromatic carbocycles. The molecule has 1 aliphatic rings. The Bertz CT molecular complexity index is 571. The molecule has 0 bridgehead atoms. The number of hydrogen-bond donors (Lipinski definition) is 1. The molecule has 6 heteroatoms. The van der Waals surface area contributed by atoms with Gasteiger partial charge >= 0.3 is 6.03 Å². The lowest BCUT2D eigenvalue weighted by atomic mass is 9.95. The third-order valence-electron chi connectivity index (χ3n) is 3.86. The number of piperidine rings is 1. The zero-order valence-corrected chi connectivity index (χ0v) is 15.3. The Kier molecular flexibility index (Phi) is 9.15. The molecule has 0 saturated carbocycles. The SMILES string of the molecule is CCC1CCN(C(=O)NC/C=C/S(C)(=O)=O)CC1.[HH].c1ccccc1. The molecule has 0 radical (unpaired) electrons. The Morgan fingerprint density at radius 1 is 1.17 bits per heavy atom. The number of hydrogen-bond acceptors (Lipinski definition) is 3. The molecule has 136 valence electrons. The minimum absolute atomic E-state index is 0. The molecule has 1 heterocycles. The molecule has 2 rings (SSSR count). The average Bonchev–Trinajstić information content (AvgIpc) is 2.60. The van der Waals surface area contributed by atoms with Gasteiger partial charge in [0.15, 0.2) is 9.84 Å². The van der Waals surface area contributed by atoms with Crippen molar-refractivity contribution in [2.45, 2.75) is 26.2 Å². The summed E-state index contributed by atoms with van der Waals surface area (Å²) in [4.78, 5) is 13.5. The van der Waals surface area contributed by atoms with Crippen molar-refractivity contribution < 1.29 is 14.6 Å². The first-order valence-electron chi connectivity index (χ1n) is 8.31. The van der Waals surface area contributed by atoms with Crippen LogP contribution in [0, 0.1) is 5.92 Å². The average molecular weight is 355 g/mol. The molecule has 24 heavy (non-hydrogen) atoms. The lowest BCUT2D eigenvalue weighted by Crippen LogP contribution is -2.44. The monoisotopic (exact) mass is 354 g/mol. The van der Waals surface area contributed by atoms with Crippen LogP contribution in [0.15, 0.2) is 47.9 Å². The van der Waals surface area contributed by atoms with Gasteiger partial charge in [0, 0.05) is 32.7 Å². The van der Waals surface area contributed by atoms with E-state index in [4.69, 9.17) is 0 Å². The maximum Gasteiger partial charge on any atom is 0.317 e. The zero-order valence-electron chi connectivity index (χ0n) is 14.5. The van der Waals surface area contributed by atoms with E-state index in [1.54, 1.807) is 4.90 Å². The second-order valence-electron chi connectivity index (χ2n) is 5.88. The molecule has 1 aliphatic heterocycles. The molecular formula is C18H30N2O3S. The molecule has 1 N–H and O–H groups in total. The second kappa shape index (κ2) is 10.9. The van der Waals surface area contributed by atoms with E-state index in [1.165, 1.54) is 12.5 Å². The molecule has 2 amide bonds. The van der Waals surface area contributed by atoms with Crippen molar-refractivity contribution >= 4 is 15.9 Å². The standard InChI is InChI=1S/C12H22N2O3S.C6H6.H2/c1-3-11-5-8-14(9-6-11)12(15)13-7-4-10-18(2,16)17;1-2-4-6-5-3-1;/h4,10-11H,3,5-9H2,1-2H3,(H,13,15);1-6H;1H/b10-4+;;. The highest BCUT2D eigenvalue weighted by Gasteiger charge is 2.20. The van der Waals surface area contributed by atoms with Crippen molar-refractivity contribution in [3.63, 3.8) is 0 Å². The smallest absolute Gasteiger partial charge is 0.317 e. The highest BCUT2D eigenvalue weighted by Crippen LogP contribution is 2.19. The van der Waals surface area contributed by atoms with Crippen LogP contribution in [-0.4, -0.2) is 45.2 Å². The highest BCUT2D eigenvalue weighted by atomic mass is 32.2. The first-order chi connectivity index (χ1) is 11.4. The topological polar surface area (TPSA) is 66.5 Å². The van der Waals surface area contributed by atoms with Gasteiger partial charge in [0.05, 0.1) is 0 Å². The Balaban J connectivity index is 0.000000693. The summed E-state index contributed by atoms with van der Waals surface area (Å²) in [7, 11) is -3.10. The predicted molar refractivity (Wildman–Crippen MR) is 101 cm³/mol. The number of carbonyl (C=O) groups is 1. The van der Waals surface area contributed by atoms with Crippen LogP contribution in [0.1, 0.15) is 27.6 Å². The maximum atomic E-state index is 11.7. The van der Waals surface area contributed by atoms with Crippen LogP contribution in [0.25, 0.3) is 0 Å². The lowest BCUT2D eigenvalue weighted by Gasteiger charge is -2.31. The van der Waals surface area contributed by atoms with Gasteiger partial charge < -0.3 is 10.2 Å². The minimum Gasteiger partial charge on any atom is -0.334 e. The van der Waals surface area contributed by atoms with Gasteiger partial charge in [-0.05, 0) is 18.8 Å². The first kappa shape index (κ1) is 20.2. The second-order valence-corrected chi connectivity index (χ2v) is 7.81. The summed E-state index contributed by atoms with van der Waals surface area (Å²) in [6, 6.07) is 11.9. The summed E-state index contributed by atoms with van der Waals surface area (Å²) in [5.41, 5.74) is 0. The van der Waals surface area contributed by atoms with Crippen LogP contribution in [0.4, 0.5) is 4.79 Å². The van der Waals surface area contributed by atoms with Gasteiger partial charge in [0.2, 0.25) is 0 Å². The van der Waals surface area contributed by atoms with Gasteiger partial charge in [-0.2, -0.15) is 0 Å². The fourth-order valence-corrected chi connectivity index (χ4v) is 2.86.